The van der Waals surface area contributed by atoms with Crippen LogP contribution >= 0.6 is 0 Å². The molecule has 0 radical (unpaired) electrons. The van der Waals surface area contributed by atoms with E-state index in [9.17, 15) is 0 Å². The molecule has 1 aromatic rings. The van der Waals surface area contributed by atoms with Gasteiger partial charge in [-0.2, -0.15) is 4.79 Å². The van der Waals surface area contributed by atoms with Gasteiger partial charge in [0.2, 0.25) is 0 Å². The van der Waals surface area contributed by atoms with E-state index in [1.54, 1.807) is 0 Å². The van der Waals surface area contributed by atoms with Gasteiger partial charge in [-0.15, -0.1) is 5.10 Å². The van der Waals surface area contributed by atoms with E-state index in [-0.39, 0.29) is 0 Å². The van der Waals surface area contributed by atoms with Gasteiger partial charge in [-0.1, -0.05) is 13.8 Å². The predicted molar refractivity (Wildman–Crippen MR) is 48.2 cm³/mol. The van der Waals surface area contributed by atoms with E-state index in [0.29, 0.717) is 0 Å². The van der Waals surface area contributed by atoms with E-state index in [4.69, 9.17) is 5.84 Å². The Labute approximate surface area is 72.8 Å². The zero-order chi connectivity index (χ0) is 8.97. The molecular formula is C8H16N4. The lowest BCUT2D eigenvalue weighted by Crippen LogP contribution is -2.14. The lowest BCUT2D eigenvalue weighted by atomic mass is 10.3. The highest BCUT2D eigenvalue weighted by molar-refractivity contribution is 4.93. The van der Waals surface area contributed by atoms with Crippen LogP contribution < -0.4 is 5.84 Å². The van der Waals surface area contributed by atoms with Gasteiger partial charge in [0.15, 0.2) is 5.82 Å². The lowest BCUT2D eigenvalue weighted by Gasteiger charge is -1.93. The van der Waals surface area contributed by atoms with Crippen molar-refractivity contribution in [2.45, 2.75) is 39.5 Å². The minimum Gasteiger partial charge on any atom is -0.321 e. The van der Waals surface area contributed by atoms with Crippen molar-refractivity contribution in [2.75, 3.05) is 5.84 Å². The van der Waals surface area contributed by atoms with Crippen molar-refractivity contribution in [1.82, 2.24) is 14.9 Å². The molecule has 0 amide bonds. The lowest BCUT2D eigenvalue weighted by molar-refractivity contribution is 0.721. The number of nitrogens with two attached hydrogens (primary N) is 1. The van der Waals surface area contributed by atoms with Crippen LogP contribution in [0.5, 0.6) is 0 Å². The SMILES string of the molecule is CCCc1nc(CCC)n(N)n1. The second kappa shape index (κ2) is 4.09. The van der Waals surface area contributed by atoms with Gasteiger partial charge in [-0.3, -0.25) is 0 Å². The fourth-order valence-corrected chi connectivity index (χ4v) is 1.13. The van der Waals surface area contributed by atoms with Gasteiger partial charge >= 0.3 is 0 Å². The quantitative estimate of drug-likeness (QED) is 0.679. The molecule has 1 aromatic heterocycles. The Morgan fingerprint density at radius 2 is 1.92 bits per heavy atom. The predicted octanol–water partition coefficient (Wildman–Crippen LogP) is 0.897. The van der Waals surface area contributed by atoms with E-state index in [1.165, 1.54) is 4.79 Å². The number of hydrogen-bond acceptors (Lipinski definition) is 3. The number of nitrogen functional groups attached to an aromatic ring is 1. The first-order valence-corrected chi connectivity index (χ1v) is 4.47. The Morgan fingerprint density at radius 1 is 1.25 bits per heavy atom. The van der Waals surface area contributed by atoms with Gasteiger partial charge in [0, 0.05) is 12.8 Å². The first-order valence-electron chi connectivity index (χ1n) is 4.47. The Hall–Kier alpha value is -1.06. The maximum Gasteiger partial charge on any atom is 0.153 e. The van der Waals surface area contributed by atoms with E-state index < -0.39 is 0 Å². The zero-order valence-corrected chi connectivity index (χ0v) is 7.75. The molecule has 0 atom stereocenters. The Bertz CT molecular complexity index is 241. The molecule has 12 heavy (non-hydrogen) atoms. The number of rotatable bonds is 4. The molecule has 0 aliphatic heterocycles. The van der Waals surface area contributed by atoms with Gasteiger partial charge in [0.25, 0.3) is 0 Å². The first kappa shape index (κ1) is 9.03. The van der Waals surface area contributed by atoms with Gasteiger partial charge in [-0.25, -0.2) is 4.98 Å². The van der Waals surface area contributed by atoms with Crippen molar-refractivity contribution in [3.63, 3.8) is 0 Å². The summed E-state index contributed by atoms with van der Waals surface area (Å²) in [5.41, 5.74) is 0. The maximum absolute atomic E-state index is 5.60. The van der Waals surface area contributed by atoms with E-state index in [1.807, 2.05) is 0 Å². The molecule has 0 aliphatic carbocycles. The van der Waals surface area contributed by atoms with Crippen LogP contribution in [-0.4, -0.2) is 14.9 Å². The molecule has 2 N–H and O–H groups in total. The molecular weight excluding hydrogens is 152 g/mol. The van der Waals surface area contributed by atoms with Gasteiger partial charge in [0.1, 0.15) is 5.82 Å². The molecule has 0 bridgehead atoms. The normalized spacial score (nSPS) is 10.5. The molecule has 4 nitrogen and oxygen atoms in total. The number of aryl methyl sites for hydroxylation is 2. The number of nitrogens with zero attached hydrogens (tertiary/aromatic N) is 3. The Kier molecular flexibility index (Phi) is 3.08. The second-order valence-electron chi connectivity index (χ2n) is 2.89. The van der Waals surface area contributed by atoms with Crippen LogP contribution in [0.3, 0.4) is 0 Å². The Morgan fingerprint density at radius 3 is 2.50 bits per heavy atom. The van der Waals surface area contributed by atoms with Crippen LogP contribution in [0.1, 0.15) is 38.3 Å². The number of aromatic nitrogens is 3. The largest absolute Gasteiger partial charge is 0.321 e. The van der Waals surface area contributed by atoms with Gasteiger partial charge in [0.05, 0.1) is 0 Å². The third-order valence-electron chi connectivity index (χ3n) is 1.69. The van der Waals surface area contributed by atoms with E-state index in [2.05, 4.69) is 23.9 Å². The molecule has 0 fully saturated rings. The fraction of sp³-hybridized carbons (Fsp3) is 0.750. The molecule has 0 aromatic carbocycles. The topological polar surface area (TPSA) is 56.7 Å². The van der Waals surface area contributed by atoms with Crippen LogP contribution in [-0.2, 0) is 12.8 Å². The summed E-state index contributed by atoms with van der Waals surface area (Å²) < 4.78 is 0. The highest BCUT2D eigenvalue weighted by atomic mass is 15.5. The number of hydrogen-bond donors (Lipinski definition) is 1. The summed E-state index contributed by atoms with van der Waals surface area (Å²) in [4.78, 5) is 5.71. The summed E-state index contributed by atoms with van der Waals surface area (Å²) in [6.45, 7) is 4.21. The second-order valence-corrected chi connectivity index (χ2v) is 2.89. The van der Waals surface area contributed by atoms with Crippen LogP contribution in [0.4, 0.5) is 0 Å². The standard InChI is InChI=1S/C8H16N4/c1-3-5-7-10-8(6-4-2)12(9)11-7/h3-6,9H2,1-2H3. The summed E-state index contributed by atoms with van der Waals surface area (Å²) in [5.74, 6) is 7.35. The summed E-state index contributed by atoms with van der Waals surface area (Å²) >= 11 is 0. The zero-order valence-electron chi connectivity index (χ0n) is 7.75. The third kappa shape index (κ3) is 1.96. The summed E-state index contributed by atoms with van der Waals surface area (Å²) in [7, 11) is 0. The van der Waals surface area contributed by atoms with Crippen molar-refractivity contribution >= 4 is 0 Å². The molecule has 1 rings (SSSR count). The van der Waals surface area contributed by atoms with Crippen LogP contribution in [0.2, 0.25) is 0 Å². The van der Waals surface area contributed by atoms with Crippen molar-refractivity contribution in [1.29, 1.82) is 0 Å². The first-order chi connectivity index (χ1) is 5.77. The average molecular weight is 168 g/mol. The average Bonchev–Trinajstić information content (AvgIpc) is 2.34. The monoisotopic (exact) mass is 168 g/mol. The van der Waals surface area contributed by atoms with Crippen molar-refractivity contribution in [3.8, 4) is 0 Å². The van der Waals surface area contributed by atoms with E-state index >= 15 is 0 Å². The molecule has 0 unspecified atom stereocenters. The molecule has 1 heterocycles. The highest BCUT2D eigenvalue weighted by Gasteiger charge is 2.04. The summed E-state index contributed by atoms with van der Waals surface area (Å²) in [5, 5.41) is 4.10. The van der Waals surface area contributed by atoms with Crippen molar-refractivity contribution < 1.29 is 0 Å². The molecule has 4 heteroatoms. The molecule has 0 saturated heterocycles. The summed E-state index contributed by atoms with van der Waals surface area (Å²) in [6, 6.07) is 0. The minimum absolute atomic E-state index is 0.864. The van der Waals surface area contributed by atoms with Crippen molar-refractivity contribution in [2.24, 2.45) is 0 Å². The minimum atomic E-state index is 0.864. The van der Waals surface area contributed by atoms with Crippen LogP contribution in [0.25, 0.3) is 0 Å². The van der Waals surface area contributed by atoms with Crippen molar-refractivity contribution in [3.05, 3.63) is 11.6 Å². The maximum atomic E-state index is 5.60. The molecule has 0 spiro atoms. The Balaban J connectivity index is 2.70. The molecule has 0 aliphatic rings. The van der Waals surface area contributed by atoms with Crippen LogP contribution in [0.15, 0.2) is 0 Å². The smallest absolute Gasteiger partial charge is 0.153 e. The highest BCUT2D eigenvalue weighted by Crippen LogP contribution is 2.00. The molecule has 0 saturated carbocycles. The molecule has 68 valence electrons. The van der Waals surface area contributed by atoms with Gasteiger partial charge < -0.3 is 5.84 Å². The fourth-order valence-electron chi connectivity index (χ4n) is 1.13. The summed E-state index contributed by atoms with van der Waals surface area (Å²) in [6.07, 6.45) is 3.95. The third-order valence-corrected chi connectivity index (χ3v) is 1.69. The van der Waals surface area contributed by atoms with E-state index in [0.717, 1.165) is 37.3 Å². The van der Waals surface area contributed by atoms with Gasteiger partial charge in [-0.05, 0) is 12.8 Å². The van der Waals surface area contributed by atoms with Crippen LogP contribution in [0, 0.1) is 0 Å².